The summed E-state index contributed by atoms with van der Waals surface area (Å²) < 4.78 is 31.9. The van der Waals surface area contributed by atoms with E-state index in [1.54, 1.807) is 19.1 Å². The van der Waals surface area contributed by atoms with Gasteiger partial charge in [0.1, 0.15) is 0 Å². The molecule has 1 atom stereocenters. The maximum Gasteiger partial charge on any atom is 0.233 e. The van der Waals surface area contributed by atoms with E-state index in [1.165, 1.54) is 0 Å². The number of para-hydroxylation sites is 1. The average molecular weight is 306 g/mol. The van der Waals surface area contributed by atoms with Crippen molar-refractivity contribution in [1.29, 1.82) is 0 Å². The van der Waals surface area contributed by atoms with Gasteiger partial charge in [-0.25, -0.2) is 8.42 Å². The lowest BCUT2D eigenvalue weighted by molar-refractivity contribution is 0.134. The van der Waals surface area contributed by atoms with Crippen LogP contribution in [0.2, 0.25) is 0 Å². The van der Waals surface area contributed by atoms with Crippen LogP contribution in [0, 0.1) is 5.92 Å². The summed E-state index contributed by atoms with van der Waals surface area (Å²) in [6.07, 6.45) is 0. The van der Waals surface area contributed by atoms with Crippen LogP contribution in [-0.2, 0) is 21.4 Å². The summed E-state index contributed by atoms with van der Waals surface area (Å²) in [5.74, 6) is 0.249. The molecule has 108 valence electrons. The van der Waals surface area contributed by atoms with Gasteiger partial charge in [0.15, 0.2) is 0 Å². The van der Waals surface area contributed by atoms with E-state index < -0.39 is 10.0 Å². The molecule has 0 aliphatic heterocycles. The number of hydrogen-bond donors (Lipinski definition) is 1. The number of halogens is 1. The van der Waals surface area contributed by atoms with Crippen LogP contribution < -0.4 is 4.72 Å². The van der Waals surface area contributed by atoms with Gasteiger partial charge >= 0.3 is 0 Å². The monoisotopic (exact) mass is 305 g/mol. The first kappa shape index (κ1) is 16.3. The van der Waals surface area contributed by atoms with Crippen LogP contribution in [0.4, 0.5) is 5.69 Å². The van der Waals surface area contributed by atoms with Gasteiger partial charge in [-0.1, -0.05) is 25.1 Å². The maximum atomic E-state index is 12.0. The Morgan fingerprint density at radius 1 is 1.37 bits per heavy atom. The van der Waals surface area contributed by atoms with Crippen LogP contribution in [-0.4, -0.2) is 26.7 Å². The van der Waals surface area contributed by atoms with Crippen molar-refractivity contribution < 1.29 is 13.2 Å². The summed E-state index contributed by atoms with van der Waals surface area (Å²) in [6, 6.07) is 7.22. The molecule has 1 aromatic rings. The molecule has 0 radical (unpaired) electrons. The summed E-state index contributed by atoms with van der Waals surface area (Å²) in [5, 5.41) is 0. The molecule has 0 heterocycles. The lowest BCUT2D eigenvalue weighted by atomic mass is 10.2. The van der Waals surface area contributed by atoms with Crippen molar-refractivity contribution in [2.24, 2.45) is 5.92 Å². The van der Waals surface area contributed by atoms with Crippen LogP contribution in [0.25, 0.3) is 0 Å². The highest BCUT2D eigenvalue weighted by molar-refractivity contribution is 7.92. The standard InChI is InChI=1S/C13H20ClNO3S/c1-3-18-9-12-6-4-5-7-13(12)15-19(16,17)10-11(2)8-14/h4-7,11,15H,3,8-10H2,1-2H3. The van der Waals surface area contributed by atoms with E-state index in [2.05, 4.69) is 4.72 Å². The zero-order valence-corrected chi connectivity index (χ0v) is 12.8. The highest BCUT2D eigenvalue weighted by Crippen LogP contribution is 2.18. The molecule has 1 rings (SSSR count). The van der Waals surface area contributed by atoms with Gasteiger partial charge in [-0.3, -0.25) is 4.72 Å². The zero-order valence-electron chi connectivity index (χ0n) is 11.2. The van der Waals surface area contributed by atoms with Crippen LogP contribution in [0.15, 0.2) is 24.3 Å². The minimum absolute atomic E-state index is 0.0134. The summed E-state index contributed by atoms with van der Waals surface area (Å²) >= 11 is 5.65. The van der Waals surface area contributed by atoms with Gasteiger partial charge in [-0.05, 0) is 18.9 Å². The average Bonchev–Trinajstić information content (AvgIpc) is 2.36. The Labute approximate surface area is 120 Å². The Balaban J connectivity index is 2.80. The Morgan fingerprint density at radius 2 is 2.05 bits per heavy atom. The smallest absolute Gasteiger partial charge is 0.233 e. The molecule has 1 unspecified atom stereocenters. The fraction of sp³-hybridized carbons (Fsp3) is 0.538. The topological polar surface area (TPSA) is 55.4 Å². The van der Waals surface area contributed by atoms with Crippen LogP contribution in [0.5, 0.6) is 0 Å². The van der Waals surface area contributed by atoms with E-state index in [1.807, 2.05) is 19.1 Å². The Kier molecular flexibility index (Phi) is 6.62. The van der Waals surface area contributed by atoms with Gasteiger partial charge in [-0.2, -0.15) is 0 Å². The number of hydrogen-bond acceptors (Lipinski definition) is 3. The molecule has 0 saturated carbocycles. The second-order valence-corrected chi connectivity index (χ2v) is 6.51. The second kappa shape index (κ2) is 7.72. The molecule has 0 spiro atoms. The van der Waals surface area contributed by atoms with Gasteiger partial charge in [0.25, 0.3) is 0 Å². The number of rotatable bonds is 8. The first-order chi connectivity index (χ1) is 8.98. The minimum Gasteiger partial charge on any atom is -0.377 e. The van der Waals surface area contributed by atoms with Crippen molar-refractivity contribution >= 4 is 27.3 Å². The fourth-order valence-corrected chi connectivity index (χ4v) is 3.31. The quantitative estimate of drug-likeness (QED) is 0.751. The molecular formula is C13H20ClNO3S. The maximum absolute atomic E-state index is 12.0. The van der Waals surface area contributed by atoms with E-state index in [4.69, 9.17) is 16.3 Å². The highest BCUT2D eigenvalue weighted by Gasteiger charge is 2.16. The third-order valence-electron chi connectivity index (χ3n) is 2.51. The number of benzene rings is 1. The molecule has 6 heteroatoms. The molecule has 0 aromatic heterocycles. The number of alkyl halides is 1. The lowest BCUT2D eigenvalue weighted by Crippen LogP contribution is -2.22. The summed E-state index contributed by atoms with van der Waals surface area (Å²) in [4.78, 5) is 0. The predicted molar refractivity (Wildman–Crippen MR) is 79.1 cm³/mol. The number of nitrogens with one attached hydrogen (secondary N) is 1. The zero-order chi connectivity index (χ0) is 14.3. The SMILES string of the molecule is CCOCc1ccccc1NS(=O)(=O)CC(C)CCl. The van der Waals surface area contributed by atoms with E-state index in [9.17, 15) is 8.42 Å². The molecular weight excluding hydrogens is 286 g/mol. The van der Waals surface area contributed by atoms with E-state index >= 15 is 0 Å². The third kappa shape index (κ3) is 5.80. The molecule has 1 aromatic carbocycles. The van der Waals surface area contributed by atoms with Crippen molar-refractivity contribution in [3.63, 3.8) is 0 Å². The molecule has 0 aliphatic rings. The predicted octanol–water partition coefficient (Wildman–Crippen LogP) is 2.84. The first-order valence-electron chi connectivity index (χ1n) is 6.20. The van der Waals surface area contributed by atoms with Crippen molar-refractivity contribution in [2.45, 2.75) is 20.5 Å². The highest BCUT2D eigenvalue weighted by atomic mass is 35.5. The van der Waals surface area contributed by atoms with Gasteiger partial charge in [-0.15, -0.1) is 11.6 Å². The normalized spacial score (nSPS) is 13.2. The van der Waals surface area contributed by atoms with Gasteiger partial charge < -0.3 is 4.74 Å². The minimum atomic E-state index is -3.38. The fourth-order valence-electron chi connectivity index (χ4n) is 1.59. The molecule has 1 N–H and O–H groups in total. The number of sulfonamides is 1. The molecule has 0 saturated heterocycles. The molecule has 0 fully saturated rings. The van der Waals surface area contributed by atoms with Crippen molar-refractivity contribution in [2.75, 3.05) is 23.0 Å². The Morgan fingerprint density at radius 3 is 2.68 bits per heavy atom. The van der Waals surface area contributed by atoms with E-state index in [-0.39, 0.29) is 11.7 Å². The lowest BCUT2D eigenvalue weighted by Gasteiger charge is -2.14. The number of anilines is 1. The summed E-state index contributed by atoms with van der Waals surface area (Å²) in [5.41, 5.74) is 1.39. The molecule has 0 bridgehead atoms. The number of ether oxygens (including phenoxy) is 1. The van der Waals surface area contributed by atoms with Crippen LogP contribution >= 0.6 is 11.6 Å². The summed E-state index contributed by atoms with van der Waals surface area (Å²) in [7, 11) is -3.38. The van der Waals surface area contributed by atoms with Crippen molar-refractivity contribution in [3.8, 4) is 0 Å². The molecule has 4 nitrogen and oxygen atoms in total. The van der Waals surface area contributed by atoms with E-state index in [0.717, 1.165) is 5.56 Å². The van der Waals surface area contributed by atoms with Crippen LogP contribution in [0.1, 0.15) is 19.4 Å². The molecule has 0 amide bonds. The van der Waals surface area contributed by atoms with Gasteiger partial charge in [0.2, 0.25) is 10.0 Å². The molecule has 0 aliphatic carbocycles. The van der Waals surface area contributed by atoms with Gasteiger partial charge in [0, 0.05) is 18.1 Å². The van der Waals surface area contributed by atoms with Crippen LogP contribution in [0.3, 0.4) is 0 Å². The Hall–Kier alpha value is -0.780. The van der Waals surface area contributed by atoms with Crippen molar-refractivity contribution in [3.05, 3.63) is 29.8 Å². The second-order valence-electron chi connectivity index (χ2n) is 4.44. The third-order valence-corrected chi connectivity index (χ3v) is 4.58. The van der Waals surface area contributed by atoms with Crippen molar-refractivity contribution in [1.82, 2.24) is 0 Å². The van der Waals surface area contributed by atoms with E-state index in [0.29, 0.717) is 24.8 Å². The molecule has 19 heavy (non-hydrogen) atoms. The summed E-state index contributed by atoms with van der Waals surface area (Å²) in [6.45, 7) is 4.68. The Bertz CT molecular complexity index is 490. The first-order valence-corrected chi connectivity index (χ1v) is 8.39. The largest absolute Gasteiger partial charge is 0.377 e. The van der Waals surface area contributed by atoms with Gasteiger partial charge in [0.05, 0.1) is 18.0 Å².